The molecule has 0 spiro atoms. The minimum Gasteiger partial charge on any atom is -0.456 e. The number of ether oxygens (including phenoxy) is 1. The first-order valence-electron chi connectivity index (χ1n) is 6.75. The van der Waals surface area contributed by atoms with Crippen LogP contribution in [0.15, 0.2) is 16.5 Å². The molecular weight excluding hydrogens is 282 g/mol. The molecule has 2 heterocycles. The average molecular weight is 301 g/mol. The molecule has 1 aromatic rings. The van der Waals surface area contributed by atoms with Crippen molar-refractivity contribution in [1.82, 2.24) is 4.72 Å². The molecule has 1 aromatic heterocycles. The maximum atomic E-state index is 11.9. The predicted molar refractivity (Wildman–Crippen MR) is 72.9 cm³/mol. The Balaban J connectivity index is 1.94. The molecule has 2 rings (SSSR count). The van der Waals surface area contributed by atoms with E-state index in [0.29, 0.717) is 25.2 Å². The van der Waals surface area contributed by atoms with Gasteiger partial charge in [-0.1, -0.05) is 6.92 Å². The Morgan fingerprint density at radius 2 is 2.20 bits per heavy atom. The highest BCUT2D eigenvalue weighted by Crippen LogP contribution is 2.14. The minimum atomic E-state index is -3.71. The Morgan fingerprint density at radius 1 is 1.40 bits per heavy atom. The molecule has 6 nitrogen and oxygen atoms in total. The fraction of sp³-hybridized carbons (Fsp3) is 0.615. The van der Waals surface area contributed by atoms with Crippen molar-refractivity contribution in [3.8, 4) is 0 Å². The van der Waals surface area contributed by atoms with Gasteiger partial charge in [0.1, 0.15) is 5.76 Å². The molecule has 0 saturated carbocycles. The number of rotatable bonds is 5. The van der Waals surface area contributed by atoms with Crippen LogP contribution in [-0.4, -0.2) is 32.8 Å². The first-order valence-corrected chi connectivity index (χ1v) is 8.40. The lowest BCUT2D eigenvalue weighted by Gasteiger charge is -2.22. The van der Waals surface area contributed by atoms with E-state index < -0.39 is 15.9 Å². The van der Waals surface area contributed by atoms with Crippen molar-refractivity contribution in [1.29, 1.82) is 0 Å². The number of amides is 1. The van der Waals surface area contributed by atoms with E-state index in [1.807, 2.05) is 11.6 Å². The molecule has 1 amide bonds. The van der Waals surface area contributed by atoms with Gasteiger partial charge in [0, 0.05) is 13.0 Å². The molecule has 1 aliphatic rings. The summed E-state index contributed by atoms with van der Waals surface area (Å²) in [4.78, 5) is 11.8. The van der Waals surface area contributed by atoms with Crippen LogP contribution in [0.2, 0.25) is 0 Å². The largest absolute Gasteiger partial charge is 0.456 e. The molecule has 0 radical (unpaired) electrons. The summed E-state index contributed by atoms with van der Waals surface area (Å²) in [6.45, 7) is 2.46. The van der Waals surface area contributed by atoms with E-state index >= 15 is 0 Å². The van der Waals surface area contributed by atoms with Crippen molar-refractivity contribution in [2.45, 2.75) is 38.7 Å². The third kappa shape index (κ3) is 4.08. The van der Waals surface area contributed by atoms with Crippen LogP contribution in [0.4, 0.5) is 0 Å². The zero-order valence-corrected chi connectivity index (χ0v) is 12.2. The molecule has 1 atom stereocenters. The Kier molecular flexibility index (Phi) is 4.82. The van der Waals surface area contributed by atoms with E-state index in [2.05, 4.69) is 0 Å². The molecule has 1 N–H and O–H groups in total. The second-order valence-electron chi connectivity index (χ2n) is 4.82. The summed E-state index contributed by atoms with van der Waals surface area (Å²) in [5.41, 5.74) is 0. The summed E-state index contributed by atoms with van der Waals surface area (Å²) >= 11 is 0. The van der Waals surface area contributed by atoms with Gasteiger partial charge in [0.05, 0.1) is 11.9 Å². The molecule has 7 heteroatoms. The van der Waals surface area contributed by atoms with Gasteiger partial charge in [-0.3, -0.25) is 4.79 Å². The van der Waals surface area contributed by atoms with Gasteiger partial charge in [0.15, 0.2) is 5.76 Å². The Labute approximate surface area is 118 Å². The molecule has 1 unspecified atom stereocenters. The van der Waals surface area contributed by atoms with Gasteiger partial charge in [-0.15, -0.1) is 0 Å². The highest BCUT2D eigenvalue weighted by atomic mass is 32.2. The van der Waals surface area contributed by atoms with E-state index in [4.69, 9.17) is 9.15 Å². The van der Waals surface area contributed by atoms with Crippen LogP contribution >= 0.6 is 0 Å². The Hall–Kier alpha value is -1.34. The first kappa shape index (κ1) is 15.1. The van der Waals surface area contributed by atoms with Crippen LogP contribution in [0.1, 0.15) is 42.5 Å². The zero-order chi connectivity index (χ0) is 14.6. The predicted octanol–water partition coefficient (Wildman–Crippen LogP) is 1.47. The van der Waals surface area contributed by atoms with Crippen molar-refractivity contribution in [2.75, 3.05) is 12.4 Å². The van der Waals surface area contributed by atoms with Crippen LogP contribution in [0.3, 0.4) is 0 Å². The smallest absolute Gasteiger partial charge is 0.300 e. The number of hydrogen-bond acceptors (Lipinski definition) is 5. The number of carbonyl (C=O) groups excluding carboxylic acids is 1. The number of carbonyl (C=O) groups is 1. The summed E-state index contributed by atoms with van der Waals surface area (Å²) in [7, 11) is -3.71. The number of nitrogens with one attached hydrogen (secondary N) is 1. The molecule has 1 fully saturated rings. The Morgan fingerprint density at radius 3 is 2.80 bits per heavy atom. The average Bonchev–Trinajstić information content (AvgIpc) is 2.87. The summed E-state index contributed by atoms with van der Waals surface area (Å²) in [6, 6.07) is 3.13. The van der Waals surface area contributed by atoms with Crippen LogP contribution in [0, 0.1) is 0 Å². The van der Waals surface area contributed by atoms with Crippen molar-refractivity contribution in [3.63, 3.8) is 0 Å². The van der Waals surface area contributed by atoms with E-state index in [-0.39, 0.29) is 17.6 Å². The Bertz CT molecular complexity index is 557. The number of aryl methyl sites for hydroxylation is 1. The summed E-state index contributed by atoms with van der Waals surface area (Å²) < 4.78 is 36.4. The van der Waals surface area contributed by atoms with Gasteiger partial charge in [0.2, 0.25) is 10.0 Å². The van der Waals surface area contributed by atoms with Gasteiger partial charge in [0.25, 0.3) is 5.91 Å². The minimum absolute atomic E-state index is 0.00925. The lowest BCUT2D eigenvalue weighted by Crippen LogP contribution is -2.38. The first-order chi connectivity index (χ1) is 9.50. The SMILES string of the molecule is CCc1ccc(C(=O)NS(=O)(=O)CC2CCCCO2)o1. The maximum absolute atomic E-state index is 11.9. The van der Waals surface area contributed by atoms with Crippen molar-refractivity contribution >= 4 is 15.9 Å². The van der Waals surface area contributed by atoms with Gasteiger partial charge in [-0.05, 0) is 31.4 Å². The lowest BCUT2D eigenvalue weighted by atomic mass is 10.1. The maximum Gasteiger partial charge on any atom is 0.300 e. The molecule has 20 heavy (non-hydrogen) atoms. The fourth-order valence-electron chi connectivity index (χ4n) is 2.11. The van der Waals surface area contributed by atoms with Crippen molar-refractivity contribution < 1.29 is 22.4 Å². The van der Waals surface area contributed by atoms with Crippen LogP contribution in [0.5, 0.6) is 0 Å². The third-order valence-electron chi connectivity index (χ3n) is 3.16. The third-order valence-corrected chi connectivity index (χ3v) is 4.47. The number of hydrogen-bond donors (Lipinski definition) is 1. The standard InChI is InChI=1S/C13H19NO5S/c1-2-10-6-7-12(19-10)13(15)14-20(16,17)9-11-5-3-4-8-18-11/h6-7,11H,2-5,8-9H2,1H3,(H,14,15). The second kappa shape index (κ2) is 6.41. The monoisotopic (exact) mass is 301 g/mol. The molecule has 1 aliphatic heterocycles. The van der Waals surface area contributed by atoms with Crippen molar-refractivity contribution in [2.24, 2.45) is 0 Å². The molecule has 112 valence electrons. The van der Waals surface area contributed by atoms with Crippen LogP contribution in [0.25, 0.3) is 0 Å². The summed E-state index contributed by atoms with van der Waals surface area (Å²) in [5.74, 6) is -0.279. The number of furan rings is 1. The van der Waals surface area contributed by atoms with E-state index in [1.165, 1.54) is 6.07 Å². The highest BCUT2D eigenvalue weighted by Gasteiger charge is 2.25. The van der Waals surface area contributed by atoms with Gasteiger partial charge >= 0.3 is 0 Å². The van der Waals surface area contributed by atoms with Crippen molar-refractivity contribution in [3.05, 3.63) is 23.7 Å². The molecule has 0 aliphatic carbocycles. The normalized spacial score (nSPS) is 19.8. The highest BCUT2D eigenvalue weighted by molar-refractivity contribution is 7.90. The molecule has 1 saturated heterocycles. The summed E-state index contributed by atoms with van der Waals surface area (Å²) in [6.07, 6.45) is 2.92. The summed E-state index contributed by atoms with van der Waals surface area (Å²) in [5, 5.41) is 0. The van der Waals surface area contributed by atoms with Gasteiger partial charge < -0.3 is 9.15 Å². The number of sulfonamides is 1. The fourth-order valence-corrected chi connectivity index (χ4v) is 3.33. The van der Waals surface area contributed by atoms with E-state index in [9.17, 15) is 13.2 Å². The van der Waals surface area contributed by atoms with Gasteiger partial charge in [-0.2, -0.15) is 0 Å². The molecular formula is C13H19NO5S. The van der Waals surface area contributed by atoms with E-state index in [1.54, 1.807) is 6.07 Å². The van der Waals surface area contributed by atoms with Gasteiger partial charge in [-0.25, -0.2) is 13.1 Å². The molecule has 0 aromatic carbocycles. The topological polar surface area (TPSA) is 85.6 Å². The van der Waals surface area contributed by atoms with Crippen LogP contribution < -0.4 is 4.72 Å². The molecule has 0 bridgehead atoms. The zero-order valence-electron chi connectivity index (χ0n) is 11.4. The van der Waals surface area contributed by atoms with Crippen LogP contribution in [-0.2, 0) is 21.2 Å². The van der Waals surface area contributed by atoms with E-state index in [0.717, 1.165) is 12.8 Å². The quantitative estimate of drug-likeness (QED) is 0.890. The second-order valence-corrected chi connectivity index (χ2v) is 6.59. The lowest BCUT2D eigenvalue weighted by molar-refractivity contribution is 0.0304.